The number of benzene rings is 1. The SMILES string of the molecule is COC(=O)CN(CC(=O)O)C(=O)C(C#N)=Cc1ccc(O)cc1. The van der Waals surface area contributed by atoms with Gasteiger partial charge in [0.2, 0.25) is 0 Å². The smallest absolute Gasteiger partial charge is 0.325 e. The second kappa shape index (κ2) is 8.19. The summed E-state index contributed by atoms with van der Waals surface area (Å²) in [6, 6.07) is 7.36. The normalized spacial score (nSPS) is 10.5. The zero-order valence-corrected chi connectivity index (χ0v) is 12.2. The summed E-state index contributed by atoms with van der Waals surface area (Å²) in [4.78, 5) is 35.0. The number of phenolic OH excluding ortho intramolecular Hbond substituents is 1. The predicted molar refractivity (Wildman–Crippen MR) is 77.9 cm³/mol. The molecule has 0 aliphatic rings. The van der Waals surface area contributed by atoms with Crippen LogP contribution in [0.4, 0.5) is 0 Å². The molecule has 0 fully saturated rings. The van der Waals surface area contributed by atoms with Gasteiger partial charge in [-0.1, -0.05) is 12.1 Å². The second-order valence-corrected chi connectivity index (χ2v) is 4.39. The molecular weight excluding hydrogens is 304 g/mol. The van der Waals surface area contributed by atoms with Crippen LogP contribution in [-0.2, 0) is 19.1 Å². The lowest BCUT2D eigenvalue weighted by molar-refractivity contribution is -0.149. The van der Waals surface area contributed by atoms with Gasteiger partial charge in [0.1, 0.15) is 30.5 Å². The molecular formula is C15H14N2O6. The van der Waals surface area contributed by atoms with Crippen molar-refractivity contribution in [1.82, 2.24) is 4.90 Å². The first kappa shape index (κ1) is 17.7. The average Bonchev–Trinajstić information content (AvgIpc) is 2.52. The zero-order valence-electron chi connectivity index (χ0n) is 12.2. The highest BCUT2D eigenvalue weighted by atomic mass is 16.5. The molecule has 2 N–H and O–H groups in total. The topological polar surface area (TPSA) is 128 Å². The lowest BCUT2D eigenvalue weighted by atomic mass is 10.1. The van der Waals surface area contributed by atoms with Gasteiger partial charge < -0.3 is 19.8 Å². The van der Waals surface area contributed by atoms with Crippen LogP contribution in [0.25, 0.3) is 6.08 Å². The Morgan fingerprint density at radius 2 is 1.87 bits per heavy atom. The summed E-state index contributed by atoms with van der Waals surface area (Å²) in [7, 11) is 1.10. The van der Waals surface area contributed by atoms with Crippen molar-refractivity contribution in [3.05, 3.63) is 35.4 Å². The number of aliphatic carboxylic acids is 1. The number of methoxy groups -OCH3 is 1. The molecule has 0 radical (unpaired) electrons. The van der Waals surface area contributed by atoms with E-state index in [1.54, 1.807) is 6.07 Å². The number of phenols is 1. The van der Waals surface area contributed by atoms with E-state index in [-0.39, 0.29) is 11.3 Å². The molecule has 8 heteroatoms. The second-order valence-electron chi connectivity index (χ2n) is 4.39. The van der Waals surface area contributed by atoms with E-state index in [1.807, 2.05) is 0 Å². The Morgan fingerprint density at radius 3 is 2.35 bits per heavy atom. The number of nitrogens with zero attached hydrogens (tertiary/aromatic N) is 2. The maximum atomic E-state index is 12.2. The molecule has 0 bridgehead atoms. The van der Waals surface area contributed by atoms with Crippen molar-refractivity contribution in [2.24, 2.45) is 0 Å². The zero-order chi connectivity index (χ0) is 17.4. The number of hydrogen-bond donors (Lipinski definition) is 2. The minimum atomic E-state index is -1.33. The van der Waals surface area contributed by atoms with Crippen molar-refractivity contribution < 1.29 is 29.3 Å². The molecule has 0 saturated heterocycles. The van der Waals surface area contributed by atoms with Gasteiger partial charge in [0, 0.05) is 0 Å². The van der Waals surface area contributed by atoms with E-state index in [4.69, 9.17) is 10.4 Å². The van der Waals surface area contributed by atoms with Gasteiger partial charge in [0.05, 0.1) is 7.11 Å². The number of rotatable bonds is 6. The molecule has 0 atom stereocenters. The Balaban J connectivity index is 3.06. The summed E-state index contributed by atoms with van der Waals surface area (Å²) in [5.41, 5.74) is 0.113. The van der Waals surface area contributed by atoms with E-state index in [0.717, 1.165) is 7.11 Å². The Labute approximate surface area is 131 Å². The number of nitriles is 1. The average molecular weight is 318 g/mol. The van der Waals surface area contributed by atoms with Crippen LogP contribution in [0, 0.1) is 11.3 Å². The van der Waals surface area contributed by atoms with Crippen molar-refractivity contribution in [3.8, 4) is 11.8 Å². The molecule has 1 rings (SSSR count). The molecule has 0 aliphatic heterocycles. The summed E-state index contributed by atoms with van der Waals surface area (Å²) in [6.07, 6.45) is 1.23. The molecule has 120 valence electrons. The largest absolute Gasteiger partial charge is 0.508 e. The molecule has 0 saturated carbocycles. The molecule has 23 heavy (non-hydrogen) atoms. The lowest BCUT2D eigenvalue weighted by Crippen LogP contribution is -2.40. The third-order valence-electron chi connectivity index (χ3n) is 2.72. The van der Waals surface area contributed by atoms with E-state index in [9.17, 15) is 19.5 Å². The van der Waals surface area contributed by atoms with E-state index < -0.39 is 30.9 Å². The van der Waals surface area contributed by atoms with Gasteiger partial charge in [-0.05, 0) is 23.8 Å². The molecule has 1 amide bonds. The predicted octanol–water partition coefficient (Wildman–Crippen LogP) is 0.385. The molecule has 8 nitrogen and oxygen atoms in total. The van der Waals surface area contributed by atoms with Crippen LogP contribution in [0.3, 0.4) is 0 Å². The number of carbonyl (C=O) groups excluding carboxylic acids is 2. The van der Waals surface area contributed by atoms with E-state index in [0.29, 0.717) is 10.5 Å². The molecule has 1 aromatic rings. The Morgan fingerprint density at radius 1 is 1.26 bits per heavy atom. The van der Waals surface area contributed by atoms with Crippen LogP contribution in [0.1, 0.15) is 5.56 Å². The highest BCUT2D eigenvalue weighted by Crippen LogP contribution is 2.14. The first-order valence-corrected chi connectivity index (χ1v) is 6.36. The summed E-state index contributed by atoms with van der Waals surface area (Å²) in [5.74, 6) is -3.02. The van der Waals surface area contributed by atoms with Crippen molar-refractivity contribution in [1.29, 1.82) is 5.26 Å². The molecule has 1 aromatic carbocycles. The lowest BCUT2D eigenvalue weighted by Gasteiger charge is -2.18. The summed E-state index contributed by atoms with van der Waals surface area (Å²) < 4.78 is 4.40. The van der Waals surface area contributed by atoms with Crippen molar-refractivity contribution in [2.45, 2.75) is 0 Å². The van der Waals surface area contributed by atoms with Crippen LogP contribution < -0.4 is 0 Å². The van der Waals surface area contributed by atoms with Crippen LogP contribution >= 0.6 is 0 Å². The van der Waals surface area contributed by atoms with Gasteiger partial charge in [-0.2, -0.15) is 5.26 Å². The maximum absolute atomic E-state index is 12.2. The van der Waals surface area contributed by atoms with E-state index >= 15 is 0 Å². The van der Waals surface area contributed by atoms with Crippen molar-refractivity contribution in [2.75, 3.05) is 20.2 Å². The Bertz CT molecular complexity index is 672. The fraction of sp³-hybridized carbons (Fsp3) is 0.200. The third-order valence-corrected chi connectivity index (χ3v) is 2.72. The number of aromatic hydroxyl groups is 1. The molecule has 0 unspecified atom stereocenters. The van der Waals surface area contributed by atoms with Crippen molar-refractivity contribution in [3.63, 3.8) is 0 Å². The minimum absolute atomic E-state index is 0.0187. The summed E-state index contributed by atoms with van der Waals surface area (Å²) >= 11 is 0. The summed E-state index contributed by atoms with van der Waals surface area (Å²) in [5, 5.41) is 27.1. The van der Waals surface area contributed by atoms with Gasteiger partial charge >= 0.3 is 11.9 Å². The summed E-state index contributed by atoms with van der Waals surface area (Å²) in [6.45, 7) is -1.33. The quantitative estimate of drug-likeness (QED) is 0.441. The number of carboxylic acids is 1. The molecule has 0 heterocycles. The highest BCUT2D eigenvalue weighted by Gasteiger charge is 2.23. The standard InChI is InChI=1S/C15H14N2O6/c1-23-14(21)9-17(8-13(19)20)15(22)11(7-16)6-10-2-4-12(18)5-3-10/h2-6,18H,8-9H2,1H3,(H,19,20). The first-order valence-electron chi connectivity index (χ1n) is 6.36. The van der Waals surface area contributed by atoms with Gasteiger partial charge in [-0.15, -0.1) is 0 Å². The third kappa shape index (κ3) is 5.51. The van der Waals surface area contributed by atoms with E-state index in [2.05, 4.69) is 4.74 Å². The van der Waals surface area contributed by atoms with Gasteiger partial charge in [-0.25, -0.2) is 0 Å². The van der Waals surface area contributed by atoms with E-state index in [1.165, 1.54) is 30.3 Å². The number of carboxylic acid groups (broad SMARTS) is 1. The Hall–Kier alpha value is -3.34. The molecule has 0 aliphatic carbocycles. The van der Waals surface area contributed by atoms with Crippen LogP contribution in [0.15, 0.2) is 29.8 Å². The highest BCUT2D eigenvalue weighted by molar-refractivity contribution is 6.03. The Kier molecular flexibility index (Phi) is 6.30. The van der Waals surface area contributed by atoms with Crippen LogP contribution in [0.5, 0.6) is 5.75 Å². The fourth-order valence-corrected chi connectivity index (χ4v) is 1.63. The van der Waals surface area contributed by atoms with Crippen molar-refractivity contribution >= 4 is 23.9 Å². The molecule has 0 aromatic heterocycles. The number of hydrogen-bond acceptors (Lipinski definition) is 6. The number of amides is 1. The first-order chi connectivity index (χ1) is 10.9. The maximum Gasteiger partial charge on any atom is 0.325 e. The van der Waals surface area contributed by atoms with Crippen LogP contribution in [0.2, 0.25) is 0 Å². The van der Waals surface area contributed by atoms with Gasteiger partial charge in [0.25, 0.3) is 5.91 Å². The van der Waals surface area contributed by atoms with Gasteiger partial charge in [0.15, 0.2) is 0 Å². The monoisotopic (exact) mass is 318 g/mol. The number of carbonyl (C=O) groups is 3. The van der Waals surface area contributed by atoms with Crippen LogP contribution in [-0.4, -0.2) is 53.2 Å². The number of esters is 1. The fourth-order valence-electron chi connectivity index (χ4n) is 1.63. The minimum Gasteiger partial charge on any atom is -0.508 e. The number of ether oxygens (including phenoxy) is 1. The molecule has 0 spiro atoms. The van der Waals surface area contributed by atoms with Gasteiger partial charge in [-0.3, -0.25) is 14.4 Å².